The van der Waals surface area contributed by atoms with Gasteiger partial charge in [0.15, 0.2) is 0 Å². The summed E-state index contributed by atoms with van der Waals surface area (Å²) in [7, 11) is 0. The van der Waals surface area contributed by atoms with E-state index in [2.05, 4.69) is 4.98 Å². The third-order valence-corrected chi connectivity index (χ3v) is 2.14. The Labute approximate surface area is 99.3 Å². The molecule has 2 N–H and O–H groups in total. The van der Waals surface area contributed by atoms with Gasteiger partial charge < -0.3 is 10.1 Å². The maximum atomic E-state index is 13.2. The summed E-state index contributed by atoms with van der Waals surface area (Å²) in [6.45, 7) is 0. The van der Waals surface area contributed by atoms with Crippen LogP contribution in [0.5, 0.6) is 0 Å². The van der Waals surface area contributed by atoms with Gasteiger partial charge in [-0.2, -0.15) is 0 Å². The number of nitrogens with one attached hydrogen (secondary N) is 1. The number of benzene rings is 1. The lowest BCUT2D eigenvalue weighted by Gasteiger charge is -2.01. The Morgan fingerprint density at radius 2 is 1.94 bits per heavy atom. The van der Waals surface area contributed by atoms with Crippen molar-refractivity contribution in [2.45, 2.75) is 0 Å². The number of rotatable bonds is 1. The molecule has 0 unspecified atom stereocenters. The Kier molecular flexibility index (Phi) is 3.47. The Hall–Kier alpha value is -1.95. The molecule has 2 rings (SSSR count). The number of fused-ring (bicyclic) bond motifs is 1. The largest absolute Gasteiger partial charge is 0.477 e. The highest BCUT2D eigenvalue weighted by Gasteiger charge is 2.14. The molecule has 0 saturated heterocycles. The van der Waals surface area contributed by atoms with Gasteiger partial charge in [0.25, 0.3) is 0 Å². The molecular formula is C10H6ClF2NO3. The molecule has 7 heteroatoms. The fraction of sp³-hybridized carbons (Fsp3) is 0. The lowest BCUT2D eigenvalue weighted by Crippen LogP contribution is -2.15. The summed E-state index contributed by atoms with van der Waals surface area (Å²) in [6.07, 6.45) is 0.883. The third-order valence-electron chi connectivity index (χ3n) is 2.14. The summed E-state index contributed by atoms with van der Waals surface area (Å²) in [4.78, 5) is 24.5. The van der Waals surface area contributed by atoms with E-state index in [1.54, 1.807) is 0 Å². The van der Waals surface area contributed by atoms with Gasteiger partial charge in [-0.25, -0.2) is 13.6 Å². The average molecular weight is 262 g/mol. The number of aromatic nitrogens is 1. The van der Waals surface area contributed by atoms with Gasteiger partial charge in [-0.1, -0.05) is 0 Å². The molecule has 4 nitrogen and oxygen atoms in total. The molecule has 1 aromatic heterocycles. The van der Waals surface area contributed by atoms with Crippen molar-refractivity contribution in [1.29, 1.82) is 0 Å². The zero-order chi connectivity index (χ0) is 11.9. The van der Waals surface area contributed by atoms with E-state index in [9.17, 15) is 18.4 Å². The minimum absolute atomic E-state index is 0. The zero-order valence-electron chi connectivity index (χ0n) is 8.16. The number of aromatic amines is 1. The summed E-state index contributed by atoms with van der Waals surface area (Å²) in [6, 6.07) is 1.41. The summed E-state index contributed by atoms with van der Waals surface area (Å²) < 4.78 is 26.1. The Morgan fingerprint density at radius 1 is 1.29 bits per heavy atom. The number of carboxylic acids is 1. The number of hydrogen-bond donors (Lipinski definition) is 2. The molecule has 0 aliphatic carbocycles. The molecule has 0 fully saturated rings. The van der Waals surface area contributed by atoms with E-state index in [1.807, 2.05) is 0 Å². The van der Waals surface area contributed by atoms with Gasteiger partial charge >= 0.3 is 5.97 Å². The molecule has 2 aromatic rings. The van der Waals surface area contributed by atoms with Crippen LogP contribution in [0.15, 0.2) is 23.1 Å². The first-order valence-electron chi connectivity index (χ1n) is 4.24. The van der Waals surface area contributed by atoms with Crippen LogP contribution >= 0.6 is 12.4 Å². The number of halogens is 3. The van der Waals surface area contributed by atoms with Crippen molar-refractivity contribution in [1.82, 2.24) is 4.98 Å². The summed E-state index contributed by atoms with van der Waals surface area (Å²) in [5.41, 5.74) is -1.69. The molecule has 0 atom stereocenters. The first-order valence-corrected chi connectivity index (χ1v) is 4.24. The lowest BCUT2D eigenvalue weighted by atomic mass is 10.1. The van der Waals surface area contributed by atoms with Crippen molar-refractivity contribution < 1.29 is 18.7 Å². The Morgan fingerprint density at radius 3 is 2.53 bits per heavy atom. The molecule has 0 radical (unpaired) electrons. The number of aromatic carboxylic acids is 1. The fourth-order valence-electron chi connectivity index (χ4n) is 1.41. The molecule has 17 heavy (non-hydrogen) atoms. The van der Waals surface area contributed by atoms with Crippen molar-refractivity contribution in [3.8, 4) is 0 Å². The molecule has 0 spiro atoms. The smallest absolute Gasteiger partial charge is 0.341 e. The van der Waals surface area contributed by atoms with Crippen molar-refractivity contribution in [3.63, 3.8) is 0 Å². The Bertz CT molecular complexity index is 654. The lowest BCUT2D eigenvalue weighted by molar-refractivity contribution is 0.0695. The highest BCUT2D eigenvalue weighted by Crippen LogP contribution is 2.14. The quantitative estimate of drug-likeness (QED) is 0.824. The zero-order valence-corrected chi connectivity index (χ0v) is 8.98. The van der Waals surface area contributed by atoms with Crippen LogP contribution in [-0.2, 0) is 0 Å². The molecule has 1 aromatic carbocycles. The number of pyridine rings is 1. The van der Waals surface area contributed by atoms with Crippen LogP contribution in [0, 0.1) is 11.6 Å². The second kappa shape index (κ2) is 4.50. The number of hydrogen-bond acceptors (Lipinski definition) is 2. The van der Waals surface area contributed by atoms with E-state index in [1.165, 1.54) is 0 Å². The number of H-pyrrole nitrogens is 1. The van der Waals surface area contributed by atoms with Crippen LogP contribution in [0.1, 0.15) is 10.4 Å². The maximum Gasteiger partial charge on any atom is 0.341 e. The van der Waals surface area contributed by atoms with Crippen molar-refractivity contribution in [2.75, 3.05) is 0 Å². The second-order valence-electron chi connectivity index (χ2n) is 3.15. The molecule has 0 aliphatic heterocycles. The van der Waals surface area contributed by atoms with Crippen LogP contribution in [0.4, 0.5) is 8.78 Å². The second-order valence-corrected chi connectivity index (χ2v) is 3.15. The molecular weight excluding hydrogens is 256 g/mol. The van der Waals surface area contributed by atoms with Gasteiger partial charge in [0.1, 0.15) is 17.2 Å². The van der Waals surface area contributed by atoms with E-state index in [4.69, 9.17) is 5.11 Å². The van der Waals surface area contributed by atoms with Crippen LogP contribution in [0.3, 0.4) is 0 Å². The monoisotopic (exact) mass is 261 g/mol. The van der Waals surface area contributed by atoms with Gasteiger partial charge in [-0.05, 0) is 6.07 Å². The maximum absolute atomic E-state index is 13.2. The molecule has 0 saturated carbocycles. The van der Waals surface area contributed by atoms with Crippen LogP contribution in [-0.4, -0.2) is 16.1 Å². The van der Waals surface area contributed by atoms with E-state index in [0.717, 1.165) is 12.3 Å². The highest BCUT2D eigenvalue weighted by atomic mass is 35.5. The molecule has 90 valence electrons. The third kappa shape index (κ3) is 2.12. The van der Waals surface area contributed by atoms with E-state index < -0.39 is 28.6 Å². The van der Waals surface area contributed by atoms with Crippen LogP contribution in [0.2, 0.25) is 0 Å². The van der Waals surface area contributed by atoms with Gasteiger partial charge in [-0.3, -0.25) is 4.79 Å². The van der Waals surface area contributed by atoms with Crippen LogP contribution < -0.4 is 5.43 Å². The first kappa shape index (κ1) is 13.1. The predicted molar refractivity (Wildman–Crippen MR) is 58.7 cm³/mol. The van der Waals surface area contributed by atoms with Crippen molar-refractivity contribution in [3.05, 3.63) is 45.8 Å². The summed E-state index contributed by atoms with van der Waals surface area (Å²) in [5, 5.41) is 8.33. The van der Waals surface area contributed by atoms with Gasteiger partial charge in [-0.15, -0.1) is 12.4 Å². The van der Waals surface area contributed by atoms with Gasteiger partial charge in [0.2, 0.25) is 5.43 Å². The molecule has 1 heterocycles. The molecule has 0 aliphatic rings. The highest BCUT2D eigenvalue weighted by molar-refractivity contribution is 5.92. The topological polar surface area (TPSA) is 70.2 Å². The fourth-order valence-corrected chi connectivity index (χ4v) is 1.41. The first-order chi connectivity index (χ1) is 7.50. The average Bonchev–Trinajstić information content (AvgIpc) is 2.19. The minimum Gasteiger partial charge on any atom is -0.477 e. The molecule has 0 amide bonds. The number of carbonyl (C=O) groups is 1. The van der Waals surface area contributed by atoms with Gasteiger partial charge in [0, 0.05) is 12.3 Å². The predicted octanol–water partition coefficient (Wildman–Crippen LogP) is 1.93. The van der Waals surface area contributed by atoms with E-state index >= 15 is 0 Å². The van der Waals surface area contributed by atoms with E-state index in [-0.39, 0.29) is 23.3 Å². The van der Waals surface area contributed by atoms with Crippen molar-refractivity contribution in [2.24, 2.45) is 0 Å². The molecule has 0 bridgehead atoms. The summed E-state index contributed by atoms with van der Waals surface area (Å²) in [5.74, 6) is -3.32. The summed E-state index contributed by atoms with van der Waals surface area (Å²) >= 11 is 0. The minimum atomic E-state index is -1.45. The van der Waals surface area contributed by atoms with Crippen molar-refractivity contribution >= 4 is 29.3 Å². The number of carboxylic acid groups (broad SMARTS) is 1. The SMILES string of the molecule is Cl.O=C(O)c1c[nH]c2c(F)cc(F)cc2c1=O. The standard InChI is InChI=1S/C10H5F2NO3.ClH/c11-4-1-5-8(7(12)2-4)13-3-6(9(5)14)10(15)16;/h1-3H,(H,13,14)(H,15,16);1H. The van der Waals surface area contributed by atoms with Crippen LogP contribution in [0.25, 0.3) is 10.9 Å². The normalized spacial score (nSPS) is 10.0. The van der Waals surface area contributed by atoms with E-state index in [0.29, 0.717) is 6.07 Å². The van der Waals surface area contributed by atoms with Gasteiger partial charge in [0.05, 0.1) is 10.9 Å². The Balaban J connectivity index is 0.00000144.